The van der Waals surface area contributed by atoms with E-state index in [0.29, 0.717) is 27.5 Å². The average Bonchev–Trinajstić information content (AvgIpc) is 3.77. The second-order valence-corrected chi connectivity index (χ2v) is 21.5. The molecule has 74 heavy (non-hydrogen) atoms. The molecular weight excluding hydrogens is 1110 g/mol. The number of aromatic nitrogens is 1. The highest BCUT2D eigenvalue weighted by Crippen LogP contribution is 2.25. The number of hydrogen-bond acceptors (Lipinski definition) is 15. The molecule has 3 aromatic carbocycles. The number of aromatic amines is 1. The van der Waals surface area contributed by atoms with Gasteiger partial charge in [0.15, 0.2) is 6.04 Å². The molecule has 16 N–H and O–H groups in total. The zero-order chi connectivity index (χ0) is 54.1. The number of nitrogens with two attached hydrogens (primary N) is 2. The van der Waals surface area contributed by atoms with Crippen molar-refractivity contribution in [3.63, 3.8) is 0 Å². The molecule has 0 aliphatic carbocycles. The molecule has 7 amide bonds. The molecule has 0 radical (unpaired) electrons. The van der Waals surface area contributed by atoms with Gasteiger partial charge in [-0.05, 0) is 104 Å². The first-order valence-corrected chi connectivity index (χ1v) is 27.3. The quantitative estimate of drug-likeness (QED) is 0.0363. The number of aromatic hydroxyl groups is 1. The number of fused-ring (bicyclic) bond motifs is 1. The minimum absolute atomic E-state index is 0.0221. The molecule has 1 fully saturated rings. The lowest BCUT2D eigenvalue weighted by Crippen LogP contribution is -2.62. The molecule has 4 aromatic rings. The van der Waals surface area contributed by atoms with E-state index in [1.54, 1.807) is 54.7 Å². The van der Waals surface area contributed by atoms with Crippen molar-refractivity contribution in [3.8, 4) is 5.75 Å². The molecule has 25 heteroatoms. The Bertz CT molecular complexity index is 2610. The fourth-order valence-corrected chi connectivity index (χ4v) is 10.7. The van der Waals surface area contributed by atoms with Crippen molar-refractivity contribution in [1.82, 2.24) is 42.2 Å². The summed E-state index contributed by atoms with van der Waals surface area (Å²) >= 11 is 1.91. The van der Waals surface area contributed by atoms with E-state index in [9.17, 15) is 58.8 Å². The molecule has 5 rings (SSSR count). The zero-order valence-corrected chi connectivity index (χ0v) is 44.3. The van der Waals surface area contributed by atoms with Crippen molar-refractivity contribution in [2.24, 2.45) is 11.5 Å². The van der Waals surface area contributed by atoms with Crippen LogP contribution in [0.1, 0.15) is 49.8 Å². The van der Waals surface area contributed by atoms with E-state index in [2.05, 4.69) is 42.2 Å². The average molecular weight is 1170 g/mol. The molecule has 400 valence electrons. The van der Waals surface area contributed by atoms with Crippen LogP contribution in [-0.2, 0) is 57.6 Å². The maximum atomic E-state index is 14.8. The largest absolute Gasteiger partial charge is 0.507 e. The van der Waals surface area contributed by atoms with Crippen LogP contribution < -0.4 is 48.7 Å². The number of aliphatic carboxylic acids is 1. The number of aliphatic hydroxyl groups is 2. The third-order valence-electron chi connectivity index (χ3n) is 12.0. The second kappa shape index (κ2) is 28.6. The van der Waals surface area contributed by atoms with Crippen LogP contribution >= 0.6 is 44.2 Å². The van der Waals surface area contributed by atoms with Gasteiger partial charge in [-0.3, -0.25) is 33.6 Å². The number of para-hydroxylation sites is 1. The number of nitrogens with one attached hydrogen (secondary N) is 8. The number of halogens is 1. The Hall–Kier alpha value is -5.97. The normalized spacial score (nSPS) is 22.3. The Kier molecular flexibility index (Phi) is 22.8. The number of unbranched alkanes of at least 4 members (excludes halogenated alkanes) is 1. The molecule has 0 bridgehead atoms. The summed E-state index contributed by atoms with van der Waals surface area (Å²) in [5.41, 5.74) is 14.7. The number of H-pyrrole nitrogens is 1. The molecule has 0 saturated carbocycles. The van der Waals surface area contributed by atoms with Gasteiger partial charge in [-0.15, -0.1) is 0 Å². The smallest absolute Gasteiger partial charge is 0.328 e. The number of phenolic OH excluding ortho intramolecular Hbond substituents is 1. The number of carboxylic acids is 1. The first kappa shape index (κ1) is 58.9. The predicted octanol–water partition coefficient (Wildman–Crippen LogP) is -0.403. The summed E-state index contributed by atoms with van der Waals surface area (Å²) in [4.78, 5) is 115. The van der Waals surface area contributed by atoms with Crippen LogP contribution in [0.4, 0.5) is 0 Å². The van der Waals surface area contributed by atoms with E-state index in [1.807, 2.05) is 40.8 Å². The monoisotopic (exact) mass is 1170 g/mol. The van der Waals surface area contributed by atoms with Gasteiger partial charge < -0.3 is 74.1 Å². The fraction of sp³-hybridized carbons (Fsp3) is 0.429. The Balaban J connectivity index is 1.60. The van der Waals surface area contributed by atoms with Crippen molar-refractivity contribution < 1.29 is 58.8 Å². The van der Waals surface area contributed by atoms with Gasteiger partial charge in [-0.25, -0.2) is 4.79 Å². The molecule has 0 spiro atoms. The number of rotatable bonds is 17. The molecule has 10 atom stereocenters. The third-order valence-corrected chi connectivity index (χ3v) is 15.2. The number of aliphatic hydroxyl groups excluding tert-OH is 2. The van der Waals surface area contributed by atoms with Gasteiger partial charge >= 0.3 is 5.97 Å². The fourth-order valence-electron chi connectivity index (χ4n) is 7.83. The topological polar surface area (TPSA) is 370 Å². The lowest BCUT2D eigenvalue weighted by atomic mass is 10.0. The Morgan fingerprint density at radius 3 is 2.07 bits per heavy atom. The van der Waals surface area contributed by atoms with Crippen molar-refractivity contribution in [3.05, 3.63) is 99.3 Å². The molecular formula is C49H63IN10O12S2. The summed E-state index contributed by atoms with van der Waals surface area (Å²) in [6, 6.07) is 8.69. The summed E-state index contributed by atoms with van der Waals surface area (Å²) in [7, 11) is 1.86. The molecule has 1 aliphatic heterocycles. The Labute approximate surface area is 448 Å². The van der Waals surface area contributed by atoms with E-state index in [1.165, 1.54) is 13.0 Å². The minimum atomic E-state index is -1.82. The van der Waals surface area contributed by atoms with Crippen LogP contribution in [0.15, 0.2) is 79.0 Å². The van der Waals surface area contributed by atoms with Crippen LogP contribution in [0.3, 0.4) is 0 Å². The molecule has 1 aliphatic rings. The number of carboxylic acid groups (broad SMARTS) is 1. The highest BCUT2D eigenvalue weighted by molar-refractivity contribution is 14.1. The Morgan fingerprint density at radius 2 is 1.41 bits per heavy atom. The van der Waals surface area contributed by atoms with Crippen LogP contribution in [0.2, 0.25) is 0 Å². The van der Waals surface area contributed by atoms with E-state index >= 15 is 0 Å². The van der Waals surface area contributed by atoms with Gasteiger partial charge in [0, 0.05) is 41.4 Å². The summed E-state index contributed by atoms with van der Waals surface area (Å²) in [5, 5.41) is 60.0. The van der Waals surface area contributed by atoms with Crippen LogP contribution in [0.5, 0.6) is 5.75 Å². The Morgan fingerprint density at radius 1 is 0.770 bits per heavy atom. The summed E-state index contributed by atoms with van der Waals surface area (Å²) in [6.07, 6.45) is -1.05. The third kappa shape index (κ3) is 17.3. The van der Waals surface area contributed by atoms with Gasteiger partial charge in [0.2, 0.25) is 41.4 Å². The SMILES string of the molecule is C[C@@H](O)[C@H](NC(=O)[C@@H]1CSSC[C@H](NC(=O)[C@H](N)Cc2ccccc2)C(=O)N[C@@H](Cc2ccc(O)c([123I])c2)C(=O)N[C@H](Cc2c[nH]c3ccccc23)C(=O)N[C@@H](CCCCN)C(=O)N[C@@H]([C@@H](C)O)C(=O)N1)C(=O)O. The highest BCUT2D eigenvalue weighted by atomic mass is 123. The van der Waals surface area contributed by atoms with Gasteiger partial charge in [-0.1, -0.05) is 76.2 Å². The van der Waals surface area contributed by atoms with E-state index in [4.69, 9.17) is 11.5 Å². The van der Waals surface area contributed by atoms with E-state index in [0.717, 1.165) is 45.0 Å². The lowest BCUT2D eigenvalue weighted by molar-refractivity contribution is -0.145. The first-order chi connectivity index (χ1) is 35.3. The van der Waals surface area contributed by atoms with Crippen molar-refractivity contribution >= 4 is 102 Å². The zero-order valence-electron chi connectivity index (χ0n) is 40.5. The van der Waals surface area contributed by atoms with Gasteiger partial charge in [0.1, 0.15) is 42.0 Å². The number of carbonyl (C=O) groups excluding carboxylic acids is 7. The highest BCUT2D eigenvalue weighted by Gasteiger charge is 2.37. The minimum Gasteiger partial charge on any atom is -0.507 e. The predicted molar refractivity (Wildman–Crippen MR) is 287 cm³/mol. The second-order valence-electron chi connectivity index (χ2n) is 17.8. The standard InChI is InChI=1S/C49H63IN10O12S2/c1-25(61)40-48(70)58-38(47(69)60-41(26(2)62)49(71)72)24-74-73-23-37(57-42(64)32(52)19-27-10-4-3-5-11-27)46(68)55-35(20-28-15-16-39(63)31(50)18-28)44(66)56-36(21-29-22-53-33-13-7-6-12-30(29)33)45(67)54-34(43(65)59-40)14-8-9-17-51/h3-7,10-13,15-16,18,22,25-26,32,34-38,40-41,53,61-63H,8-9,14,17,19-21,23-24,51-52H2,1-2H3,(H,54,67)(H,55,68)(H,56,66)(H,57,64)(H,58,70)(H,59,65)(H,60,69)(H,71,72)/t25-,26-,32-,34+,35+,36-,37+,38+,40+,41+/m1/s1/i50-4. The summed E-state index contributed by atoms with van der Waals surface area (Å²) in [6.45, 7) is 2.56. The van der Waals surface area contributed by atoms with Gasteiger partial charge in [0.05, 0.1) is 21.8 Å². The van der Waals surface area contributed by atoms with Crippen LogP contribution in [-0.4, -0.2) is 151 Å². The molecule has 1 saturated heterocycles. The molecule has 0 unspecified atom stereocenters. The lowest BCUT2D eigenvalue weighted by Gasteiger charge is -2.29. The van der Waals surface area contributed by atoms with Crippen molar-refractivity contribution in [1.29, 1.82) is 0 Å². The van der Waals surface area contributed by atoms with Crippen LogP contribution in [0.25, 0.3) is 10.9 Å². The van der Waals surface area contributed by atoms with Gasteiger partial charge in [0.25, 0.3) is 0 Å². The van der Waals surface area contributed by atoms with Gasteiger partial charge in [-0.2, -0.15) is 0 Å². The van der Waals surface area contributed by atoms with Crippen molar-refractivity contribution in [2.45, 2.75) is 113 Å². The maximum Gasteiger partial charge on any atom is 0.328 e. The number of benzene rings is 3. The number of phenols is 1. The summed E-state index contributed by atoms with van der Waals surface area (Å²) in [5.74, 6) is -8.56. The number of hydrogen-bond donors (Lipinski definition) is 14. The van der Waals surface area contributed by atoms with Crippen LogP contribution in [0, 0.1) is 3.57 Å². The molecule has 22 nitrogen and oxygen atoms in total. The summed E-state index contributed by atoms with van der Waals surface area (Å²) < 4.78 is 0.436. The number of amides is 7. The molecule has 1 aromatic heterocycles. The van der Waals surface area contributed by atoms with E-state index in [-0.39, 0.29) is 49.5 Å². The van der Waals surface area contributed by atoms with Crippen molar-refractivity contribution in [2.75, 3.05) is 18.1 Å². The maximum absolute atomic E-state index is 14.8. The van der Waals surface area contributed by atoms with E-state index < -0.39 is 108 Å². The number of carbonyl (C=O) groups is 8. The first-order valence-electron chi connectivity index (χ1n) is 23.7. The molecule has 2 heterocycles.